The van der Waals surface area contributed by atoms with Crippen LogP contribution < -0.4 is 0 Å². The van der Waals surface area contributed by atoms with Gasteiger partial charge in [0, 0.05) is 19.5 Å². The van der Waals surface area contributed by atoms with E-state index in [9.17, 15) is 14.7 Å². The molecule has 0 bridgehead atoms. The zero-order chi connectivity index (χ0) is 22.1. The second-order valence-electron chi connectivity index (χ2n) is 7.42. The van der Waals surface area contributed by atoms with Gasteiger partial charge in [-0.2, -0.15) is 0 Å². The zero-order valence-electron chi connectivity index (χ0n) is 17.4. The molecule has 1 aromatic rings. The lowest BCUT2D eigenvalue weighted by atomic mass is 10.0. The predicted octanol–water partition coefficient (Wildman–Crippen LogP) is 4.04. The van der Waals surface area contributed by atoms with Crippen LogP contribution in [0.2, 0.25) is 5.02 Å². The molecule has 0 radical (unpaired) electrons. The molecule has 2 aliphatic rings. The average Bonchev–Trinajstić information content (AvgIpc) is 3.30. The lowest BCUT2D eigenvalue weighted by Gasteiger charge is -2.14. The van der Waals surface area contributed by atoms with Crippen molar-refractivity contribution in [2.45, 2.75) is 38.5 Å². The summed E-state index contributed by atoms with van der Waals surface area (Å²) in [5.41, 5.74) is 1.15. The van der Waals surface area contributed by atoms with Gasteiger partial charge in [0.05, 0.1) is 22.9 Å². The van der Waals surface area contributed by atoms with Gasteiger partial charge < -0.3 is 19.6 Å². The van der Waals surface area contributed by atoms with Crippen LogP contribution in [0.4, 0.5) is 0 Å². The Bertz CT molecular complexity index is 888. The van der Waals surface area contributed by atoms with Gasteiger partial charge in [0.1, 0.15) is 5.75 Å². The molecule has 0 spiro atoms. The van der Waals surface area contributed by atoms with Gasteiger partial charge in [-0.3, -0.25) is 4.79 Å². The Morgan fingerprint density at radius 1 is 1.16 bits per heavy atom. The highest BCUT2D eigenvalue weighted by Gasteiger charge is 2.21. The summed E-state index contributed by atoms with van der Waals surface area (Å²) >= 11 is 6.31. The van der Waals surface area contributed by atoms with Gasteiger partial charge in [0.25, 0.3) is 5.91 Å². The highest BCUT2D eigenvalue weighted by atomic mass is 35.5. The molecule has 1 aromatic carbocycles. The fourth-order valence-electron chi connectivity index (χ4n) is 3.45. The van der Waals surface area contributed by atoms with Gasteiger partial charge in [-0.1, -0.05) is 35.0 Å². The van der Waals surface area contributed by atoms with E-state index in [1.165, 1.54) is 12.1 Å². The van der Waals surface area contributed by atoms with Crippen molar-refractivity contribution in [2.24, 2.45) is 5.16 Å². The number of phenolic OH excluding ortho intramolecular Hbond substituents is 1. The summed E-state index contributed by atoms with van der Waals surface area (Å²) in [6, 6.07) is 2.85. The number of hydrogen-bond donors (Lipinski definition) is 1. The quantitative estimate of drug-likeness (QED) is 0.430. The maximum Gasteiger partial charge on any atom is 0.338 e. The predicted molar refractivity (Wildman–Crippen MR) is 118 cm³/mol. The number of carbonyl (C=O) groups excluding carboxylic acids is 2. The normalized spacial score (nSPS) is 21.1. The molecule has 0 unspecified atom stereocenters. The van der Waals surface area contributed by atoms with Crippen molar-refractivity contribution in [2.75, 3.05) is 26.3 Å². The number of carbonyl (C=O) groups is 2. The molecule has 31 heavy (non-hydrogen) atoms. The molecule has 1 fully saturated rings. The zero-order valence-corrected chi connectivity index (χ0v) is 18.1. The number of ether oxygens (including phenoxy) is 1. The molecule has 1 amide bonds. The Morgan fingerprint density at radius 3 is 2.71 bits per heavy atom. The molecule has 0 saturated carbocycles. The Hall–Kier alpha value is -2.80. The first-order chi connectivity index (χ1) is 15.1. The molecule has 3 rings (SSSR count). The number of likely N-dealkylation sites (tertiary alicyclic amines) is 1. The van der Waals surface area contributed by atoms with Crippen LogP contribution in [0.15, 0.2) is 41.6 Å². The van der Waals surface area contributed by atoms with Crippen molar-refractivity contribution in [3.63, 3.8) is 0 Å². The van der Waals surface area contributed by atoms with Gasteiger partial charge in [-0.15, -0.1) is 0 Å². The first kappa shape index (κ1) is 22.9. The standard InChI is InChI=1S/C23H27ClN2O5/c24-22-19-15-17(25-31-16-21(28)26-12-6-7-13-26)9-5-3-1-2-4-8-14-30-23(29)18(19)10-11-20(22)27/h2,4-5,9-11,27H,1,3,6-8,12-16H2/b4-2+,9-5+,25-17+. The van der Waals surface area contributed by atoms with Crippen molar-refractivity contribution in [1.29, 1.82) is 0 Å². The number of hydrogen-bond acceptors (Lipinski definition) is 6. The summed E-state index contributed by atoms with van der Waals surface area (Å²) in [5, 5.41) is 14.3. The van der Waals surface area contributed by atoms with E-state index in [1.54, 1.807) is 11.0 Å². The van der Waals surface area contributed by atoms with Gasteiger partial charge in [-0.05, 0) is 55.9 Å². The van der Waals surface area contributed by atoms with Crippen LogP contribution in [-0.2, 0) is 20.8 Å². The van der Waals surface area contributed by atoms with Crippen molar-refractivity contribution in [1.82, 2.24) is 4.90 Å². The summed E-state index contributed by atoms with van der Waals surface area (Å²) in [5.74, 6) is -0.752. The third-order valence-electron chi connectivity index (χ3n) is 5.12. The Kier molecular flexibility index (Phi) is 8.53. The maximum atomic E-state index is 12.6. The molecule has 166 valence electrons. The number of oxime groups is 1. The number of aromatic hydroxyl groups is 1. The van der Waals surface area contributed by atoms with E-state index in [2.05, 4.69) is 5.16 Å². The number of fused-ring (bicyclic) bond motifs is 1. The lowest BCUT2D eigenvalue weighted by Crippen LogP contribution is -2.30. The third-order valence-corrected chi connectivity index (χ3v) is 5.55. The molecule has 0 aliphatic carbocycles. The van der Waals surface area contributed by atoms with Crippen molar-refractivity contribution in [3.8, 4) is 5.75 Å². The number of esters is 1. The molecular formula is C23H27ClN2O5. The summed E-state index contributed by atoms with van der Waals surface area (Å²) in [7, 11) is 0. The number of allylic oxidation sites excluding steroid dienone is 3. The van der Waals surface area contributed by atoms with Crippen LogP contribution in [0.3, 0.4) is 0 Å². The SMILES string of the molecule is O=C1OCC/C=C/CC/C=C/C(=N\OCC(=O)N2CCCC2)Cc2c1ccc(O)c2Cl. The molecule has 0 atom stereocenters. The number of cyclic esters (lactones) is 1. The lowest BCUT2D eigenvalue weighted by molar-refractivity contribution is -0.135. The minimum atomic E-state index is -0.518. The molecule has 1 saturated heterocycles. The highest BCUT2D eigenvalue weighted by Crippen LogP contribution is 2.31. The summed E-state index contributed by atoms with van der Waals surface area (Å²) in [6.07, 6.45) is 12.2. The molecule has 2 heterocycles. The Morgan fingerprint density at radius 2 is 1.90 bits per heavy atom. The molecule has 7 nitrogen and oxygen atoms in total. The van der Waals surface area contributed by atoms with Crippen molar-refractivity contribution < 1.29 is 24.3 Å². The second-order valence-corrected chi connectivity index (χ2v) is 7.80. The van der Waals surface area contributed by atoms with Crippen LogP contribution in [-0.4, -0.2) is 53.9 Å². The van der Waals surface area contributed by atoms with E-state index >= 15 is 0 Å². The molecule has 8 heteroatoms. The van der Waals surface area contributed by atoms with E-state index < -0.39 is 5.97 Å². The largest absolute Gasteiger partial charge is 0.506 e. The third kappa shape index (κ3) is 6.59. The van der Waals surface area contributed by atoms with Crippen LogP contribution in [0.5, 0.6) is 5.75 Å². The minimum absolute atomic E-state index is 0.0654. The van der Waals surface area contributed by atoms with Crippen LogP contribution in [0.25, 0.3) is 0 Å². The minimum Gasteiger partial charge on any atom is -0.506 e. The number of nitrogens with zero attached hydrogens (tertiary/aromatic N) is 2. The van der Waals surface area contributed by atoms with Gasteiger partial charge in [0.15, 0.2) is 6.61 Å². The smallest absolute Gasteiger partial charge is 0.338 e. The van der Waals surface area contributed by atoms with Gasteiger partial charge in [-0.25, -0.2) is 4.79 Å². The fourth-order valence-corrected chi connectivity index (χ4v) is 3.68. The summed E-state index contributed by atoms with van der Waals surface area (Å²) in [4.78, 5) is 31.9. The molecule has 2 aliphatic heterocycles. The summed E-state index contributed by atoms with van der Waals surface area (Å²) < 4.78 is 5.34. The van der Waals surface area contributed by atoms with E-state index in [4.69, 9.17) is 21.2 Å². The number of amides is 1. The Balaban J connectivity index is 1.83. The maximum absolute atomic E-state index is 12.6. The number of halogens is 1. The molecule has 0 aromatic heterocycles. The van der Waals surface area contributed by atoms with Crippen LogP contribution in [0, 0.1) is 0 Å². The number of benzene rings is 1. The van der Waals surface area contributed by atoms with E-state index in [1.807, 2.05) is 18.2 Å². The van der Waals surface area contributed by atoms with Crippen molar-refractivity contribution in [3.05, 3.63) is 52.6 Å². The fraction of sp³-hybridized carbons (Fsp3) is 0.435. The van der Waals surface area contributed by atoms with Crippen LogP contribution >= 0.6 is 11.6 Å². The first-order valence-corrected chi connectivity index (χ1v) is 10.9. The van der Waals surface area contributed by atoms with Crippen LogP contribution in [0.1, 0.15) is 48.0 Å². The Labute approximate surface area is 187 Å². The molecule has 1 N–H and O–H groups in total. The van der Waals surface area contributed by atoms with E-state index in [0.717, 1.165) is 38.8 Å². The molecular weight excluding hydrogens is 420 g/mol. The van der Waals surface area contributed by atoms with E-state index in [0.29, 0.717) is 17.7 Å². The number of rotatable bonds is 3. The van der Waals surface area contributed by atoms with E-state index in [-0.39, 0.29) is 41.9 Å². The number of phenols is 1. The van der Waals surface area contributed by atoms with Gasteiger partial charge in [0.2, 0.25) is 0 Å². The summed E-state index contributed by atoms with van der Waals surface area (Å²) in [6.45, 7) is 1.60. The topological polar surface area (TPSA) is 88.4 Å². The highest BCUT2D eigenvalue weighted by molar-refractivity contribution is 6.33. The average molecular weight is 447 g/mol. The second kappa shape index (κ2) is 11.6. The monoisotopic (exact) mass is 446 g/mol. The van der Waals surface area contributed by atoms with Crippen molar-refractivity contribution >= 4 is 29.2 Å². The van der Waals surface area contributed by atoms with Gasteiger partial charge >= 0.3 is 5.97 Å². The first-order valence-electron chi connectivity index (χ1n) is 10.5.